The van der Waals surface area contributed by atoms with Gasteiger partial charge in [0.2, 0.25) is 0 Å². The van der Waals surface area contributed by atoms with Crippen LogP contribution in [0.5, 0.6) is 0 Å². The van der Waals surface area contributed by atoms with Crippen LogP contribution < -0.4 is 4.72 Å². The second-order valence-electron chi connectivity index (χ2n) is 8.53. The van der Waals surface area contributed by atoms with E-state index in [1.54, 1.807) is 18.6 Å². The summed E-state index contributed by atoms with van der Waals surface area (Å²) in [7, 11) is -4.24. The predicted molar refractivity (Wildman–Crippen MR) is 108 cm³/mol. The van der Waals surface area contributed by atoms with Crippen molar-refractivity contribution in [3.8, 4) is 0 Å². The molecule has 3 aromatic heterocycles. The van der Waals surface area contributed by atoms with Gasteiger partial charge in [-0.15, -0.1) is 0 Å². The van der Waals surface area contributed by atoms with Crippen molar-refractivity contribution in [2.45, 2.75) is 56.8 Å². The van der Waals surface area contributed by atoms with Gasteiger partial charge in [0.25, 0.3) is 10.2 Å². The minimum Gasteiger partial charge on any atom is -0.345 e. The third kappa shape index (κ3) is 3.50. The van der Waals surface area contributed by atoms with Crippen molar-refractivity contribution < 1.29 is 21.6 Å². The Morgan fingerprint density at radius 3 is 2.77 bits per heavy atom. The lowest BCUT2D eigenvalue weighted by molar-refractivity contribution is -0.165. The summed E-state index contributed by atoms with van der Waals surface area (Å²) in [4.78, 5) is 12.0. The predicted octanol–water partition coefficient (Wildman–Crippen LogP) is 2.95. The molecule has 1 aliphatic carbocycles. The molecule has 12 heteroatoms. The van der Waals surface area contributed by atoms with Crippen molar-refractivity contribution in [3.05, 3.63) is 30.5 Å². The van der Waals surface area contributed by atoms with Gasteiger partial charge in [-0.05, 0) is 37.7 Å². The lowest BCUT2D eigenvalue weighted by Crippen LogP contribution is -2.51. The molecule has 0 unspecified atom stereocenters. The first-order chi connectivity index (χ1) is 14.6. The molecular formula is C19H23F3N6O2S. The summed E-state index contributed by atoms with van der Waals surface area (Å²) in [5.74, 6) is 0.885. The summed E-state index contributed by atoms with van der Waals surface area (Å²) >= 11 is 0. The van der Waals surface area contributed by atoms with Crippen molar-refractivity contribution in [2.75, 3.05) is 6.54 Å². The average Bonchev–Trinajstić information content (AvgIpc) is 3.45. The Balaban J connectivity index is 1.39. The quantitative estimate of drug-likeness (QED) is 0.631. The Kier molecular flexibility index (Phi) is 4.79. The first kappa shape index (κ1) is 20.7. The van der Waals surface area contributed by atoms with Crippen molar-refractivity contribution in [1.29, 1.82) is 0 Å². The molecule has 0 amide bonds. The molecule has 4 heterocycles. The van der Waals surface area contributed by atoms with Gasteiger partial charge < -0.3 is 4.98 Å². The highest BCUT2D eigenvalue weighted by Gasteiger charge is 2.51. The molecule has 3 aromatic rings. The number of aromatic nitrogens is 4. The number of aromatic amines is 1. The van der Waals surface area contributed by atoms with Crippen LogP contribution in [0.4, 0.5) is 13.2 Å². The SMILES string of the molecule is C[C@@H]1C[C@H](NS(=O)(=O)N2CCC[C@@H]2C(F)(F)F)C[C@@H]1c1ncc2cnc3[nH]ccc3n12. The van der Waals surface area contributed by atoms with Gasteiger partial charge in [0.05, 0.1) is 23.4 Å². The fraction of sp³-hybridized carbons (Fsp3) is 0.579. The smallest absolute Gasteiger partial charge is 0.345 e. The normalized spacial score (nSPS) is 28.3. The largest absolute Gasteiger partial charge is 0.405 e. The van der Waals surface area contributed by atoms with Gasteiger partial charge in [-0.2, -0.15) is 30.6 Å². The van der Waals surface area contributed by atoms with E-state index in [1.165, 1.54) is 0 Å². The van der Waals surface area contributed by atoms with Crippen LogP contribution in [0.3, 0.4) is 0 Å². The number of hydrogen-bond donors (Lipinski definition) is 2. The van der Waals surface area contributed by atoms with Crippen molar-refractivity contribution in [2.24, 2.45) is 5.92 Å². The number of rotatable bonds is 4. The molecule has 5 rings (SSSR count). The van der Waals surface area contributed by atoms with Crippen LogP contribution in [0.2, 0.25) is 0 Å². The zero-order valence-corrected chi connectivity index (χ0v) is 17.6. The van der Waals surface area contributed by atoms with E-state index in [9.17, 15) is 21.6 Å². The Hall–Kier alpha value is -2.18. The number of hydrogen-bond acceptors (Lipinski definition) is 4. The monoisotopic (exact) mass is 456 g/mol. The molecule has 2 fully saturated rings. The number of halogens is 3. The number of H-pyrrole nitrogens is 1. The summed E-state index contributed by atoms with van der Waals surface area (Å²) < 4.78 is 70.5. The van der Waals surface area contributed by atoms with Crippen LogP contribution in [0, 0.1) is 5.92 Å². The topological polar surface area (TPSA) is 95.4 Å². The van der Waals surface area contributed by atoms with Crippen LogP contribution in [-0.2, 0) is 10.2 Å². The molecule has 31 heavy (non-hydrogen) atoms. The van der Waals surface area contributed by atoms with E-state index in [1.807, 2.05) is 17.4 Å². The molecule has 1 saturated carbocycles. The number of imidazole rings is 1. The molecule has 0 radical (unpaired) electrons. The zero-order chi connectivity index (χ0) is 22.0. The Morgan fingerprint density at radius 1 is 1.23 bits per heavy atom. The Bertz CT molecular complexity index is 1220. The number of alkyl halides is 3. The van der Waals surface area contributed by atoms with Crippen LogP contribution in [0.15, 0.2) is 24.7 Å². The van der Waals surface area contributed by atoms with E-state index >= 15 is 0 Å². The van der Waals surface area contributed by atoms with E-state index in [4.69, 9.17) is 0 Å². The molecule has 1 aliphatic heterocycles. The minimum atomic E-state index is -4.57. The van der Waals surface area contributed by atoms with Gasteiger partial charge in [-0.1, -0.05) is 6.92 Å². The minimum absolute atomic E-state index is 0.0345. The van der Waals surface area contributed by atoms with Crippen molar-refractivity contribution >= 4 is 26.9 Å². The van der Waals surface area contributed by atoms with Crippen molar-refractivity contribution in [3.63, 3.8) is 0 Å². The zero-order valence-electron chi connectivity index (χ0n) is 16.8. The summed E-state index contributed by atoms with van der Waals surface area (Å²) in [5, 5.41) is 0. The molecule has 0 spiro atoms. The number of fused-ring (bicyclic) bond motifs is 3. The highest BCUT2D eigenvalue weighted by Crippen LogP contribution is 2.41. The molecule has 2 N–H and O–H groups in total. The number of nitrogens with one attached hydrogen (secondary N) is 2. The van der Waals surface area contributed by atoms with Crippen LogP contribution in [0.1, 0.15) is 44.3 Å². The van der Waals surface area contributed by atoms with Gasteiger partial charge in [0.1, 0.15) is 11.9 Å². The van der Waals surface area contributed by atoms with Crippen molar-refractivity contribution in [1.82, 2.24) is 28.4 Å². The van der Waals surface area contributed by atoms with Gasteiger partial charge in [-0.3, -0.25) is 4.40 Å². The highest BCUT2D eigenvalue weighted by atomic mass is 32.2. The molecule has 2 aliphatic rings. The molecule has 8 nitrogen and oxygen atoms in total. The Morgan fingerprint density at radius 2 is 2.00 bits per heavy atom. The highest BCUT2D eigenvalue weighted by molar-refractivity contribution is 7.87. The molecule has 0 bridgehead atoms. The third-order valence-electron chi connectivity index (χ3n) is 6.51. The maximum absolute atomic E-state index is 13.3. The van der Waals surface area contributed by atoms with Gasteiger partial charge in [-0.25, -0.2) is 9.97 Å². The Labute approximate surface area is 177 Å². The summed E-state index contributed by atoms with van der Waals surface area (Å²) in [6.07, 6.45) is 1.69. The lowest BCUT2D eigenvalue weighted by atomic mass is 9.97. The second kappa shape index (κ2) is 7.17. The molecular weight excluding hydrogens is 433 g/mol. The molecule has 168 valence electrons. The standard InChI is InChI=1S/C19H23F3N6O2S/c1-11-7-12(26-31(29,30)27-6-2-3-16(27)19(20,21)22)8-14(11)18-25-10-13-9-24-17-15(28(13)18)4-5-23-17/h4-5,9-12,14,16,23,26H,2-3,6-8H2,1H3/t11-,12+,14+,16-/m1/s1. The summed E-state index contributed by atoms with van der Waals surface area (Å²) in [6.45, 7) is 1.90. The van der Waals surface area contributed by atoms with E-state index in [-0.39, 0.29) is 31.2 Å². The third-order valence-corrected chi connectivity index (χ3v) is 8.19. The van der Waals surface area contributed by atoms with Crippen LogP contribution in [0.25, 0.3) is 16.7 Å². The van der Waals surface area contributed by atoms with E-state index in [2.05, 4.69) is 19.7 Å². The first-order valence-electron chi connectivity index (χ1n) is 10.3. The van der Waals surface area contributed by atoms with Crippen LogP contribution in [-0.4, -0.2) is 56.9 Å². The van der Waals surface area contributed by atoms with Crippen LogP contribution >= 0.6 is 0 Å². The molecule has 1 saturated heterocycles. The maximum Gasteiger partial charge on any atom is 0.405 e. The van der Waals surface area contributed by atoms with E-state index in [0.29, 0.717) is 17.1 Å². The first-order valence-corrected chi connectivity index (χ1v) is 11.7. The van der Waals surface area contributed by atoms with E-state index in [0.717, 1.165) is 22.5 Å². The van der Waals surface area contributed by atoms with E-state index < -0.39 is 28.5 Å². The second-order valence-corrected chi connectivity index (χ2v) is 10.2. The summed E-state index contributed by atoms with van der Waals surface area (Å²) in [5.41, 5.74) is 2.44. The molecule has 0 aromatic carbocycles. The molecule has 4 atom stereocenters. The fourth-order valence-corrected chi connectivity index (χ4v) is 6.78. The van der Waals surface area contributed by atoms with Gasteiger partial charge >= 0.3 is 6.18 Å². The lowest BCUT2D eigenvalue weighted by Gasteiger charge is -2.27. The van der Waals surface area contributed by atoms with Gasteiger partial charge in [0, 0.05) is 24.7 Å². The number of nitrogens with zero attached hydrogens (tertiary/aromatic N) is 4. The van der Waals surface area contributed by atoms with Gasteiger partial charge in [0.15, 0.2) is 5.65 Å². The average molecular weight is 456 g/mol. The maximum atomic E-state index is 13.3. The fourth-order valence-electron chi connectivity index (χ4n) is 5.10. The summed E-state index contributed by atoms with van der Waals surface area (Å²) in [6, 6.07) is -0.494.